The number of ether oxygens (including phenoxy) is 1. The van der Waals surface area contributed by atoms with Crippen LogP contribution in [0.1, 0.15) is 20.3 Å². The average molecular weight is 342 g/mol. The Balaban J connectivity index is 2.42. The maximum Gasteiger partial charge on any atom is 0.302 e. The topological polar surface area (TPSA) is 43.4 Å². The van der Waals surface area contributed by atoms with Gasteiger partial charge in [0.15, 0.2) is 0 Å². The van der Waals surface area contributed by atoms with Gasteiger partial charge in [-0.1, -0.05) is 79.7 Å². The lowest BCUT2D eigenvalue weighted by Gasteiger charge is -2.26. The first-order valence-electron chi connectivity index (χ1n) is 8.10. The maximum atomic E-state index is 14.1. The molecule has 0 amide bonds. The van der Waals surface area contributed by atoms with E-state index in [4.69, 9.17) is 4.74 Å². The van der Waals surface area contributed by atoms with E-state index < -0.39 is 7.14 Å². The van der Waals surface area contributed by atoms with E-state index in [0.29, 0.717) is 0 Å². The minimum absolute atomic E-state index is 0.141. The fourth-order valence-electron chi connectivity index (χ4n) is 2.72. The normalized spacial score (nSPS) is 12.9. The van der Waals surface area contributed by atoms with Gasteiger partial charge in [-0.15, -0.1) is 0 Å². The highest BCUT2D eigenvalue weighted by Gasteiger charge is 2.33. The van der Waals surface area contributed by atoms with E-state index in [1.165, 1.54) is 6.92 Å². The van der Waals surface area contributed by atoms with Crippen molar-refractivity contribution in [3.05, 3.63) is 72.8 Å². The molecule has 4 heteroatoms. The van der Waals surface area contributed by atoms with Gasteiger partial charge < -0.3 is 9.30 Å². The molecule has 0 N–H and O–H groups in total. The summed E-state index contributed by atoms with van der Waals surface area (Å²) in [6, 6.07) is 19.2. The van der Waals surface area contributed by atoms with Crippen molar-refractivity contribution in [3.8, 4) is 0 Å². The molecular weight excluding hydrogens is 319 g/mol. The molecule has 1 atom stereocenters. The second-order valence-corrected chi connectivity index (χ2v) is 8.55. The molecule has 126 valence electrons. The monoisotopic (exact) mass is 342 g/mol. The molecule has 0 spiro atoms. The summed E-state index contributed by atoms with van der Waals surface area (Å²) in [4.78, 5) is 10.9. The van der Waals surface area contributed by atoms with Crippen LogP contribution in [0.4, 0.5) is 0 Å². The smallest absolute Gasteiger partial charge is 0.302 e. The van der Waals surface area contributed by atoms with Crippen LogP contribution in [0.3, 0.4) is 0 Å². The lowest BCUT2D eigenvalue weighted by Crippen LogP contribution is -2.24. The molecule has 2 aromatic rings. The van der Waals surface area contributed by atoms with Gasteiger partial charge in [-0.05, 0) is 6.42 Å². The van der Waals surface area contributed by atoms with Crippen molar-refractivity contribution in [2.75, 3.05) is 6.61 Å². The van der Waals surface area contributed by atoms with E-state index in [1.807, 2.05) is 73.7 Å². The van der Waals surface area contributed by atoms with Crippen LogP contribution in [0.2, 0.25) is 0 Å². The lowest BCUT2D eigenvalue weighted by atomic mass is 10.3. The zero-order valence-corrected chi connectivity index (χ0v) is 15.0. The van der Waals surface area contributed by atoms with Crippen molar-refractivity contribution in [2.24, 2.45) is 0 Å². The fourth-order valence-corrected chi connectivity index (χ4v) is 5.90. The first-order valence-corrected chi connectivity index (χ1v) is 9.87. The molecule has 3 nitrogen and oxygen atoms in total. The number of benzene rings is 2. The number of carbonyl (C=O) groups excluding carboxylic acids is 1. The highest BCUT2D eigenvalue weighted by molar-refractivity contribution is 7.79. The van der Waals surface area contributed by atoms with Gasteiger partial charge in [0.05, 0.1) is 0 Å². The quantitative estimate of drug-likeness (QED) is 0.435. The summed E-state index contributed by atoms with van der Waals surface area (Å²) in [5.41, 5.74) is -0.141. The zero-order valence-electron chi connectivity index (χ0n) is 14.1. The Morgan fingerprint density at radius 2 is 1.54 bits per heavy atom. The molecule has 0 fully saturated rings. The standard InChI is InChI=1S/C20H23O3P/c1-3-18(15-10-16-23-17(2)21)24(22,19-11-6-4-7-12-19)20-13-8-5-9-14-20/h4-15,18H,3,16H2,1-2H3/b15-10+. The summed E-state index contributed by atoms with van der Waals surface area (Å²) in [7, 11) is -2.83. The molecule has 2 rings (SSSR count). The van der Waals surface area contributed by atoms with Crippen LogP contribution in [-0.4, -0.2) is 18.2 Å². The molecule has 0 heterocycles. The second kappa shape index (κ2) is 8.65. The average Bonchev–Trinajstić information content (AvgIpc) is 2.62. The van der Waals surface area contributed by atoms with Gasteiger partial charge in [0, 0.05) is 23.2 Å². The molecular formula is C20H23O3P. The largest absolute Gasteiger partial charge is 0.462 e. The first kappa shape index (κ1) is 18.2. The van der Waals surface area contributed by atoms with Crippen LogP contribution in [0, 0.1) is 0 Å². The minimum atomic E-state index is -2.83. The Morgan fingerprint density at radius 1 is 1.04 bits per heavy atom. The van der Waals surface area contributed by atoms with Gasteiger partial charge in [0.2, 0.25) is 0 Å². The SMILES string of the molecule is CCC(/C=C/COC(C)=O)P(=O)(c1ccccc1)c1ccccc1. The summed E-state index contributed by atoms with van der Waals surface area (Å²) in [6.07, 6.45) is 4.44. The predicted molar refractivity (Wildman–Crippen MR) is 99.6 cm³/mol. The molecule has 24 heavy (non-hydrogen) atoms. The van der Waals surface area contributed by atoms with Gasteiger partial charge in [0.1, 0.15) is 13.7 Å². The minimum Gasteiger partial charge on any atom is -0.462 e. The number of allylic oxidation sites excluding steroid dienone is 1. The fraction of sp³-hybridized carbons (Fsp3) is 0.250. The van der Waals surface area contributed by atoms with Crippen LogP contribution in [-0.2, 0) is 14.1 Å². The highest BCUT2D eigenvalue weighted by atomic mass is 31.2. The summed E-state index contributed by atoms with van der Waals surface area (Å²) in [5, 5.41) is 1.69. The molecule has 0 aliphatic heterocycles. The third kappa shape index (κ3) is 4.24. The summed E-state index contributed by atoms with van der Waals surface area (Å²) in [5.74, 6) is -0.318. The van der Waals surface area contributed by atoms with E-state index in [2.05, 4.69) is 0 Å². The Hall–Kier alpha value is -2.12. The van der Waals surface area contributed by atoms with E-state index >= 15 is 0 Å². The predicted octanol–water partition coefficient (Wildman–Crippen LogP) is 3.90. The van der Waals surface area contributed by atoms with Crippen molar-refractivity contribution in [1.29, 1.82) is 0 Å². The molecule has 0 bridgehead atoms. The molecule has 2 aromatic carbocycles. The van der Waals surface area contributed by atoms with Crippen molar-refractivity contribution < 1.29 is 14.1 Å². The molecule has 0 aliphatic rings. The van der Waals surface area contributed by atoms with Crippen LogP contribution in [0.25, 0.3) is 0 Å². The lowest BCUT2D eigenvalue weighted by molar-refractivity contribution is -0.139. The van der Waals surface area contributed by atoms with Crippen LogP contribution >= 0.6 is 7.14 Å². The van der Waals surface area contributed by atoms with Crippen molar-refractivity contribution >= 4 is 23.7 Å². The van der Waals surface area contributed by atoms with Crippen molar-refractivity contribution in [1.82, 2.24) is 0 Å². The Bertz CT molecular complexity index is 680. The van der Waals surface area contributed by atoms with E-state index in [0.717, 1.165) is 17.0 Å². The first-order chi connectivity index (χ1) is 11.6. The molecule has 0 aromatic heterocycles. The van der Waals surface area contributed by atoms with E-state index in [1.54, 1.807) is 6.08 Å². The van der Waals surface area contributed by atoms with E-state index in [9.17, 15) is 9.36 Å². The van der Waals surface area contributed by atoms with Gasteiger partial charge in [-0.3, -0.25) is 4.79 Å². The molecule has 1 unspecified atom stereocenters. The van der Waals surface area contributed by atoms with E-state index in [-0.39, 0.29) is 18.2 Å². The number of rotatable bonds is 7. The maximum absolute atomic E-state index is 14.1. The number of carbonyl (C=O) groups is 1. The Kier molecular flexibility index (Phi) is 6.57. The third-order valence-electron chi connectivity index (χ3n) is 3.91. The zero-order chi connectivity index (χ0) is 17.4. The van der Waals surface area contributed by atoms with Gasteiger partial charge >= 0.3 is 5.97 Å². The van der Waals surface area contributed by atoms with Crippen molar-refractivity contribution in [3.63, 3.8) is 0 Å². The Labute approximate surface area is 143 Å². The summed E-state index contributed by atoms with van der Waals surface area (Å²) in [6.45, 7) is 3.61. The molecule has 0 aliphatic carbocycles. The third-order valence-corrected chi connectivity index (χ3v) is 7.51. The number of hydrogen-bond acceptors (Lipinski definition) is 3. The summed E-state index contributed by atoms with van der Waals surface area (Å²) >= 11 is 0. The Morgan fingerprint density at radius 3 is 1.96 bits per heavy atom. The number of esters is 1. The van der Waals surface area contributed by atoms with Gasteiger partial charge in [-0.25, -0.2) is 0 Å². The molecule has 0 saturated heterocycles. The van der Waals surface area contributed by atoms with Crippen LogP contribution < -0.4 is 10.6 Å². The molecule has 0 radical (unpaired) electrons. The number of hydrogen-bond donors (Lipinski definition) is 0. The van der Waals surface area contributed by atoms with Crippen LogP contribution in [0.5, 0.6) is 0 Å². The molecule has 0 saturated carbocycles. The second-order valence-electron chi connectivity index (χ2n) is 5.54. The summed E-state index contributed by atoms with van der Waals surface area (Å²) < 4.78 is 19.1. The van der Waals surface area contributed by atoms with Gasteiger partial charge in [-0.2, -0.15) is 0 Å². The highest BCUT2D eigenvalue weighted by Crippen LogP contribution is 2.50. The van der Waals surface area contributed by atoms with Crippen LogP contribution in [0.15, 0.2) is 72.8 Å². The van der Waals surface area contributed by atoms with Crippen molar-refractivity contribution in [2.45, 2.75) is 25.9 Å². The van der Waals surface area contributed by atoms with Gasteiger partial charge in [0.25, 0.3) is 0 Å².